The fourth-order valence-corrected chi connectivity index (χ4v) is 7.04. The van der Waals surface area contributed by atoms with Crippen LogP contribution < -0.4 is 5.73 Å². The zero-order chi connectivity index (χ0) is 34.5. The molecule has 0 aromatic rings. The summed E-state index contributed by atoms with van der Waals surface area (Å²) >= 11 is 0. The molecule has 262 valence electrons. The van der Waals surface area contributed by atoms with Gasteiger partial charge in [0, 0.05) is 27.3 Å². The van der Waals surface area contributed by atoms with Crippen molar-refractivity contribution >= 4 is 34.5 Å². The largest absolute Gasteiger partial charge is 0.463 e. The summed E-state index contributed by atoms with van der Waals surface area (Å²) in [5.74, 6) is -1.80. The van der Waals surface area contributed by atoms with E-state index in [0.29, 0.717) is 6.54 Å². The summed E-state index contributed by atoms with van der Waals surface area (Å²) in [6.07, 6.45) is -6.89. The zero-order valence-electron chi connectivity index (χ0n) is 29.4. The van der Waals surface area contributed by atoms with Crippen LogP contribution in [0.5, 0.6) is 0 Å². The van der Waals surface area contributed by atoms with Gasteiger partial charge in [0.05, 0.1) is 13.2 Å². The Morgan fingerprint density at radius 2 is 1.09 bits per heavy atom. The van der Waals surface area contributed by atoms with Gasteiger partial charge in [0.25, 0.3) is 0 Å². The molecule has 0 unspecified atom stereocenters. The van der Waals surface area contributed by atoms with Crippen molar-refractivity contribution in [3.8, 4) is 0 Å². The fraction of sp³-hybridized carbons (Fsp3) is 0.900. The molecular formula is C30H57NO12Si2. The van der Waals surface area contributed by atoms with E-state index in [-0.39, 0.29) is 29.9 Å². The Kier molecular flexibility index (Phi) is 13.8. The lowest BCUT2D eigenvalue weighted by Crippen LogP contribution is -2.55. The number of carbonyl (C=O) groups excluding carboxylic acids is 3. The number of hydrogen-bond donors (Lipinski definition) is 1. The minimum absolute atomic E-state index is 0.0609. The second-order valence-corrected chi connectivity index (χ2v) is 24.2. The van der Waals surface area contributed by atoms with Gasteiger partial charge in [-0.05, 0) is 36.3 Å². The third-order valence-corrected chi connectivity index (χ3v) is 17.8. The first kappa shape index (κ1) is 39.7. The highest BCUT2D eigenvalue weighted by Gasteiger charge is 2.56. The van der Waals surface area contributed by atoms with Gasteiger partial charge in [-0.15, -0.1) is 0 Å². The van der Waals surface area contributed by atoms with E-state index in [2.05, 4.69) is 67.7 Å². The molecule has 0 aromatic carbocycles. The topological polar surface area (TPSA) is 160 Å². The summed E-state index contributed by atoms with van der Waals surface area (Å²) in [4.78, 5) is 35.6. The van der Waals surface area contributed by atoms with Crippen LogP contribution in [0.4, 0.5) is 0 Å². The molecule has 0 aliphatic carbocycles. The predicted octanol–water partition coefficient (Wildman–Crippen LogP) is 3.64. The van der Waals surface area contributed by atoms with E-state index >= 15 is 0 Å². The van der Waals surface area contributed by atoms with E-state index in [4.69, 9.17) is 47.7 Å². The molecule has 0 aromatic heterocycles. The number of nitrogens with two attached hydrogens (primary N) is 1. The molecule has 2 fully saturated rings. The van der Waals surface area contributed by atoms with Crippen LogP contribution in [0.2, 0.25) is 36.3 Å². The highest BCUT2D eigenvalue weighted by atomic mass is 28.4. The smallest absolute Gasteiger partial charge is 0.303 e. The van der Waals surface area contributed by atoms with Crippen molar-refractivity contribution in [3.63, 3.8) is 0 Å². The molecular weight excluding hydrogens is 622 g/mol. The average molecular weight is 680 g/mol. The maximum absolute atomic E-state index is 12.1. The van der Waals surface area contributed by atoms with Gasteiger partial charge in [0.1, 0.15) is 31.0 Å². The van der Waals surface area contributed by atoms with Gasteiger partial charge in [0.2, 0.25) is 0 Å². The fourth-order valence-electron chi connectivity index (χ4n) is 4.45. The van der Waals surface area contributed by atoms with Gasteiger partial charge < -0.3 is 47.7 Å². The van der Waals surface area contributed by atoms with Crippen molar-refractivity contribution in [2.45, 2.75) is 148 Å². The monoisotopic (exact) mass is 679 g/mol. The highest BCUT2D eigenvalue weighted by Crippen LogP contribution is 2.44. The average Bonchev–Trinajstić information content (AvgIpc) is 3.34. The van der Waals surface area contributed by atoms with E-state index in [1.54, 1.807) is 0 Å². The van der Waals surface area contributed by atoms with Gasteiger partial charge in [0.15, 0.2) is 41.4 Å². The molecule has 0 saturated carbocycles. The van der Waals surface area contributed by atoms with E-state index in [0.717, 1.165) is 0 Å². The molecule has 2 N–H and O–H groups in total. The highest BCUT2D eigenvalue weighted by molar-refractivity contribution is 6.74. The Hall–Kier alpha value is -1.44. The minimum atomic E-state index is -2.38. The maximum Gasteiger partial charge on any atom is 0.303 e. The van der Waals surface area contributed by atoms with Crippen LogP contribution in [0.1, 0.15) is 62.3 Å². The van der Waals surface area contributed by atoms with Crippen molar-refractivity contribution in [1.82, 2.24) is 0 Å². The van der Waals surface area contributed by atoms with Gasteiger partial charge >= 0.3 is 17.9 Å². The van der Waals surface area contributed by atoms with E-state index in [1.807, 2.05) is 0 Å². The van der Waals surface area contributed by atoms with Crippen molar-refractivity contribution in [2.24, 2.45) is 5.73 Å². The van der Waals surface area contributed by atoms with Crippen LogP contribution in [0.15, 0.2) is 0 Å². The van der Waals surface area contributed by atoms with E-state index in [1.165, 1.54) is 20.8 Å². The SMILES string of the molecule is CC(=O)OC[C@H]1O[C@H](OC[C@H]2O[C@H](OCCN)[C@@H](O[Si](C)(C)C(C)(C)C)[C@@H]2O[Si](C)(C)C(C)(C)C)[C@@H](OC(C)=O)[C@@H]1OC(C)=O. The summed E-state index contributed by atoms with van der Waals surface area (Å²) in [5.41, 5.74) is 5.79. The molecule has 2 aliphatic heterocycles. The number of rotatable bonds is 14. The van der Waals surface area contributed by atoms with E-state index < -0.39 is 83.7 Å². The molecule has 15 heteroatoms. The first-order chi connectivity index (χ1) is 20.5. The summed E-state index contributed by atoms with van der Waals surface area (Å²) in [5, 5.41) is -0.217. The third kappa shape index (κ3) is 10.8. The normalized spacial score (nSPS) is 29.5. The van der Waals surface area contributed by atoms with Crippen LogP contribution in [-0.2, 0) is 56.4 Å². The molecule has 2 aliphatic rings. The van der Waals surface area contributed by atoms with Gasteiger partial charge in [-0.3, -0.25) is 14.4 Å². The summed E-state index contributed by atoms with van der Waals surface area (Å²) in [6, 6.07) is 0. The Balaban J connectivity index is 2.45. The van der Waals surface area contributed by atoms with Crippen LogP contribution in [0.25, 0.3) is 0 Å². The Morgan fingerprint density at radius 3 is 1.53 bits per heavy atom. The van der Waals surface area contributed by atoms with Crippen molar-refractivity contribution in [2.75, 3.05) is 26.4 Å². The Bertz CT molecular complexity index is 1010. The lowest BCUT2D eigenvalue weighted by Gasteiger charge is -2.44. The molecule has 45 heavy (non-hydrogen) atoms. The molecule has 2 saturated heterocycles. The van der Waals surface area contributed by atoms with Crippen molar-refractivity contribution in [3.05, 3.63) is 0 Å². The Labute approximate surface area is 270 Å². The molecule has 0 bridgehead atoms. The van der Waals surface area contributed by atoms with Gasteiger partial charge in [-0.25, -0.2) is 0 Å². The first-order valence-electron chi connectivity index (χ1n) is 15.6. The third-order valence-electron chi connectivity index (χ3n) is 8.89. The molecule has 2 heterocycles. The number of hydrogen-bond acceptors (Lipinski definition) is 13. The standard InChI is InChI=1S/C30H57NO12Si2/c1-18(32)36-16-21-23(38-19(2)33)25(39-20(3)34)27(40-21)37-17-22-24(42-44(10,11)29(4,5)6)26(28(41-22)35-15-14-31)43-45(12,13)30(7,8)9/h21-28H,14-17,31H2,1-13H3/t21-,22-,23-,24-,25+,26+,27+,28+/m1/s1. The number of carbonyl (C=O) groups is 3. The molecule has 0 radical (unpaired) electrons. The Morgan fingerprint density at radius 1 is 0.644 bits per heavy atom. The molecule has 0 spiro atoms. The van der Waals surface area contributed by atoms with Gasteiger partial charge in [-0.1, -0.05) is 41.5 Å². The summed E-state index contributed by atoms with van der Waals surface area (Å²) in [7, 11) is -4.72. The van der Waals surface area contributed by atoms with E-state index in [9.17, 15) is 14.4 Å². The molecule has 0 amide bonds. The molecule has 13 nitrogen and oxygen atoms in total. The number of ether oxygens (including phenoxy) is 7. The number of esters is 3. The van der Waals surface area contributed by atoms with Crippen LogP contribution in [0, 0.1) is 0 Å². The lowest BCUT2D eigenvalue weighted by molar-refractivity contribution is -0.211. The molecule has 2 rings (SSSR count). The quantitative estimate of drug-likeness (QED) is 0.161. The first-order valence-corrected chi connectivity index (χ1v) is 21.4. The second-order valence-electron chi connectivity index (χ2n) is 14.7. The van der Waals surface area contributed by atoms with Gasteiger partial charge in [-0.2, -0.15) is 0 Å². The van der Waals surface area contributed by atoms with Crippen molar-refractivity contribution in [1.29, 1.82) is 0 Å². The maximum atomic E-state index is 12.1. The predicted molar refractivity (Wildman–Crippen MR) is 170 cm³/mol. The lowest BCUT2D eigenvalue weighted by atomic mass is 10.1. The van der Waals surface area contributed by atoms with Crippen LogP contribution in [0.3, 0.4) is 0 Å². The molecule has 8 atom stereocenters. The van der Waals surface area contributed by atoms with Crippen LogP contribution in [-0.4, -0.2) is 110 Å². The summed E-state index contributed by atoms with van der Waals surface area (Å²) < 4.78 is 54.8. The second kappa shape index (κ2) is 15.6. The zero-order valence-corrected chi connectivity index (χ0v) is 31.4. The summed E-state index contributed by atoms with van der Waals surface area (Å²) in [6.45, 7) is 25.5. The van der Waals surface area contributed by atoms with Crippen LogP contribution >= 0.6 is 0 Å². The minimum Gasteiger partial charge on any atom is -0.463 e. The van der Waals surface area contributed by atoms with Crippen molar-refractivity contribution < 1.29 is 56.4 Å².